The molecule has 88 valence electrons. The maximum atomic E-state index is 11.4. The smallest absolute Gasteiger partial charge is 0.273 e. The lowest BCUT2D eigenvalue weighted by atomic mass is 10.1. The van der Waals surface area contributed by atoms with Gasteiger partial charge in [0.25, 0.3) is 5.91 Å². The lowest BCUT2D eigenvalue weighted by Gasteiger charge is -2.43. The summed E-state index contributed by atoms with van der Waals surface area (Å²) in [7, 11) is 0. The first-order valence-electron chi connectivity index (χ1n) is 5.07. The van der Waals surface area contributed by atoms with Gasteiger partial charge in [-0.1, -0.05) is 0 Å². The molecule has 7 heteroatoms. The molecule has 0 unspecified atom stereocenters. The van der Waals surface area contributed by atoms with Crippen molar-refractivity contribution in [2.45, 2.75) is 24.5 Å². The summed E-state index contributed by atoms with van der Waals surface area (Å²) in [5.41, 5.74) is 0. The summed E-state index contributed by atoms with van der Waals surface area (Å²) in [6, 6.07) is 0. The summed E-state index contributed by atoms with van der Waals surface area (Å²) in [4.78, 5) is 18.5. The summed E-state index contributed by atoms with van der Waals surface area (Å²) in [6.07, 6.45) is 0.305. The molecule has 0 aromatic carbocycles. The van der Waals surface area contributed by atoms with Crippen LogP contribution in [0.1, 0.15) is 0 Å². The number of aliphatic hydroxyl groups excluding tert-OH is 2. The normalized spacial score (nSPS) is 41.5. The Bertz CT molecular complexity index is 347. The highest BCUT2D eigenvalue weighted by atomic mass is 16.7. The molecule has 7 nitrogen and oxygen atoms in total. The fourth-order valence-electron chi connectivity index (χ4n) is 2.15. The maximum absolute atomic E-state index is 11.4. The molecule has 4 atom stereocenters. The van der Waals surface area contributed by atoms with Crippen molar-refractivity contribution in [3.63, 3.8) is 0 Å². The van der Waals surface area contributed by atoms with Crippen molar-refractivity contribution in [1.29, 1.82) is 0 Å². The number of hydrogen-bond acceptors (Lipinski definition) is 6. The molecular formula is C9H12N2O5. The number of carbonyl (C=O) groups is 1. The van der Waals surface area contributed by atoms with E-state index in [4.69, 9.17) is 14.7 Å². The van der Waals surface area contributed by atoms with Crippen molar-refractivity contribution in [3.05, 3.63) is 12.3 Å². The van der Waals surface area contributed by atoms with Crippen molar-refractivity contribution in [1.82, 2.24) is 9.96 Å². The van der Waals surface area contributed by atoms with Crippen LogP contribution in [0.15, 0.2) is 12.3 Å². The van der Waals surface area contributed by atoms with Crippen molar-refractivity contribution in [3.8, 4) is 0 Å². The molecule has 3 heterocycles. The highest BCUT2D eigenvalue weighted by Crippen LogP contribution is 2.32. The van der Waals surface area contributed by atoms with Gasteiger partial charge in [0.05, 0.1) is 6.61 Å². The van der Waals surface area contributed by atoms with Crippen molar-refractivity contribution >= 4 is 5.91 Å². The van der Waals surface area contributed by atoms with Gasteiger partial charge in [0.15, 0.2) is 12.3 Å². The van der Waals surface area contributed by atoms with Gasteiger partial charge in [-0.25, -0.2) is 0 Å². The lowest BCUT2D eigenvalue weighted by molar-refractivity contribution is -0.282. The largest absolute Gasteiger partial charge is 0.394 e. The zero-order chi connectivity index (χ0) is 11.3. The SMILES string of the molecule is O=C1C=CN2CN1O[C@H]1[C@H](O)[C@@H](CO)O[C@H]12. The molecule has 2 fully saturated rings. The molecule has 0 aliphatic carbocycles. The number of nitrogens with zero attached hydrogens (tertiary/aromatic N) is 2. The second-order valence-electron chi connectivity index (χ2n) is 4.00. The number of carbonyl (C=O) groups excluding carboxylic acids is 1. The summed E-state index contributed by atoms with van der Waals surface area (Å²) in [5.74, 6) is -0.255. The van der Waals surface area contributed by atoms with Crippen LogP contribution in [-0.2, 0) is 14.4 Å². The maximum Gasteiger partial charge on any atom is 0.273 e. The molecule has 16 heavy (non-hydrogen) atoms. The van der Waals surface area contributed by atoms with Gasteiger partial charge in [0, 0.05) is 12.3 Å². The Labute approximate surface area is 91.4 Å². The Morgan fingerprint density at radius 1 is 1.56 bits per heavy atom. The number of ether oxygens (including phenoxy) is 1. The number of aliphatic hydroxyl groups is 2. The number of amides is 1. The molecule has 2 saturated heterocycles. The minimum absolute atomic E-state index is 0.255. The topological polar surface area (TPSA) is 82.5 Å². The van der Waals surface area contributed by atoms with Crippen LogP contribution in [0.25, 0.3) is 0 Å². The number of hydrogen-bond donors (Lipinski definition) is 2. The van der Waals surface area contributed by atoms with Gasteiger partial charge >= 0.3 is 0 Å². The van der Waals surface area contributed by atoms with Gasteiger partial charge in [0.1, 0.15) is 18.9 Å². The summed E-state index contributed by atoms with van der Waals surface area (Å²) >= 11 is 0. The van der Waals surface area contributed by atoms with Crippen LogP contribution < -0.4 is 0 Å². The highest BCUT2D eigenvalue weighted by Gasteiger charge is 2.51. The van der Waals surface area contributed by atoms with E-state index >= 15 is 0 Å². The first-order chi connectivity index (χ1) is 7.70. The molecule has 0 spiro atoms. The summed E-state index contributed by atoms with van der Waals surface area (Å²) < 4.78 is 5.46. The minimum Gasteiger partial charge on any atom is -0.394 e. The van der Waals surface area contributed by atoms with Crippen LogP contribution in [0.3, 0.4) is 0 Å². The zero-order valence-electron chi connectivity index (χ0n) is 8.39. The third kappa shape index (κ3) is 1.26. The van der Waals surface area contributed by atoms with Crippen molar-refractivity contribution < 1.29 is 24.6 Å². The van der Waals surface area contributed by atoms with E-state index in [1.807, 2.05) is 0 Å². The first-order valence-corrected chi connectivity index (χ1v) is 5.07. The molecule has 1 amide bonds. The van der Waals surface area contributed by atoms with Gasteiger partial charge in [-0.3, -0.25) is 9.63 Å². The monoisotopic (exact) mass is 228 g/mol. The van der Waals surface area contributed by atoms with Crippen LogP contribution in [0.5, 0.6) is 0 Å². The fraction of sp³-hybridized carbons (Fsp3) is 0.667. The van der Waals surface area contributed by atoms with E-state index in [1.165, 1.54) is 11.1 Å². The number of hydroxylamine groups is 2. The fourth-order valence-corrected chi connectivity index (χ4v) is 2.15. The summed E-state index contributed by atoms with van der Waals surface area (Å²) in [6.45, 7) is 0.00436. The Balaban J connectivity index is 1.87. The van der Waals surface area contributed by atoms with E-state index in [1.54, 1.807) is 11.1 Å². The van der Waals surface area contributed by atoms with Crippen LogP contribution >= 0.6 is 0 Å². The van der Waals surface area contributed by atoms with E-state index in [0.717, 1.165) is 0 Å². The van der Waals surface area contributed by atoms with E-state index in [9.17, 15) is 9.90 Å². The second kappa shape index (κ2) is 3.42. The average Bonchev–Trinajstić information content (AvgIpc) is 2.62. The number of rotatable bonds is 1. The molecular weight excluding hydrogens is 216 g/mol. The molecule has 0 radical (unpaired) electrons. The Kier molecular flexibility index (Phi) is 2.15. The summed E-state index contributed by atoms with van der Waals surface area (Å²) in [5, 5.41) is 20.0. The van der Waals surface area contributed by atoms with Crippen LogP contribution in [0.4, 0.5) is 0 Å². The molecule has 2 bridgehead atoms. The van der Waals surface area contributed by atoms with E-state index in [2.05, 4.69) is 0 Å². The van der Waals surface area contributed by atoms with E-state index in [-0.39, 0.29) is 19.2 Å². The van der Waals surface area contributed by atoms with Crippen LogP contribution in [0, 0.1) is 0 Å². The highest BCUT2D eigenvalue weighted by molar-refractivity contribution is 5.87. The van der Waals surface area contributed by atoms with Gasteiger partial charge in [0.2, 0.25) is 0 Å². The Hall–Kier alpha value is -1.15. The van der Waals surface area contributed by atoms with Crippen molar-refractivity contribution in [2.75, 3.05) is 13.3 Å². The van der Waals surface area contributed by atoms with Crippen LogP contribution in [-0.4, -0.2) is 63.9 Å². The Morgan fingerprint density at radius 3 is 3.12 bits per heavy atom. The minimum atomic E-state index is -0.931. The van der Waals surface area contributed by atoms with Crippen molar-refractivity contribution in [2.24, 2.45) is 0 Å². The Morgan fingerprint density at radius 2 is 2.38 bits per heavy atom. The molecule has 3 aliphatic heterocycles. The molecule has 3 rings (SSSR count). The van der Waals surface area contributed by atoms with E-state index < -0.39 is 24.5 Å². The zero-order valence-corrected chi connectivity index (χ0v) is 8.39. The molecule has 0 aromatic rings. The van der Waals surface area contributed by atoms with Gasteiger partial charge < -0.3 is 19.8 Å². The molecule has 3 aliphatic rings. The van der Waals surface area contributed by atoms with Gasteiger partial charge in [-0.15, -0.1) is 0 Å². The quantitative estimate of drug-likeness (QED) is 0.540. The predicted octanol–water partition coefficient (Wildman–Crippen LogP) is -2.01. The first kappa shape index (κ1) is 10.0. The second-order valence-corrected chi connectivity index (χ2v) is 4.00. The molecule has 0 saturated carbocycles. The van der Waals surface area contributed by atoms with Gasteiger partial charge in [-0.05, 0) is 0 Å². The van der Waals surface area contributed by atoms with E-state index in [0.29, 0.717) is 0 Å². The van der Waals surface area contributed by atoms with Crippen LogP contribution in [0.2, 0.25) is 0 Å². The average molecular weight is 228 g/mol. The molecule has 0 aromatic heterocycles. The standard InChI is InChI=1S/C9H12N2O5/c12-3-5-7(14)8-9(15-5)10-2-1-6(13)11(4-10)16-8/h1-2,5,7-9,12,14H,3-4H2/t5-,7-,8+,9-/m1/s1. The molecule has 2 N–H and O–H groups in total. The third-order valence-corrected chi connectivity index (χ3v) is 3.01. The lowest BCUT2D eigenvalue weighted by Crippen LogP contribution is -2.58. The predicted molar refractivity (Wildman–Crippen MR) is 49.3 cm³/mol. The third-order valence-electron chi connectivity index (χ3n) is 3.01. The number of fused-ring (bicyclic) bond motifs is 4. The van der Waals surface area contributed by atoms with Gasteiger partial charge in [-0.2, -0.15) is 5.06 Å².